The fraction of sp³-hybridized carbons (Fsp3) is 0.875. The fourth-order valence-electron chi connectivity index (χ4n) is 2.33. The highest BCUT2D eigenvalue weighted by Crippen LogP contribution is 2.11. The molecule has 0 unspecified atom stereocenters. The molecule has 110 valence electrons. The number of nitrogens with zero attached hydrogens (tertiary/aromatic N) is 3. The molecule has 3 nitrogen and oxygen atoms in total. The van der Waals surface area contributed by atoms with Crippen LogP contribution in [0.25, 0.3) is 0 Å². The van der Waals surface area contributed by atoms with Gasteiger partial charge in [-0.2, -0.15) is 0 Å². The first-order valence-corrected chi connectivity index (χ1v) is 7.97. The van der Waals surface area contributed by atoms with Gasteiger partial charge in [0.2, 0.25) is 0 Å². The molecule has 0 aliphatic heterocycles. The highest BCUT2D eigenvalue weighted by atomic mass is 15.4. The maximum Gasteiger partial charge on any atom is 0.0725 e. The molecule has 19 heavy (non-hydrogen) atoms. The summed E-state index contributed by atoms with van der Waals surface area (Å²) in [7, 11) is 0. The zero-order valence-corrected chi connectivity index (χ0v) is 13.2. The molecule has 0 saturated heterocycles. The quantitative estimate of drug-likeness (QED) is 0.584. The van der Waals surface area contributed by atoms with Crippen LogP contribution in [0, 0.1) is 11.8 Å². The molecule has 0 N–H and O–H groups in total. The van der Waals surface area contributed by atoms with Crippen LogP contribution < -0.4 is 0 Å². The van der Waals surface area contributed by atoms with Crippen molar-refractivity contribution in [3.05, 3.63) is 11.9 Å². The zero-order chi connectivity index (χ0) is 14.1. The van der Waals surface area contributed by atoms with Crippen molar-refractivity contribution in [1.82, 2.24) is 15.0 Å². The number of hydrogen-bond acceptors (Lipinski definition) is 2. The summed E-state index contributed by atoms with van der Waals surface area (Å²) in [6, 6.07) is 0. The van der Waals surface area contributed by atoms with Crippen molar-refractivity contribution in [3.63, 3.8) is 0 Å². The van der Waals surface area contributed by atoms with Gasteiger partial charge in [-0.3, -0.25) is 0 Å². The summed E-state index contributed by atoms with van der Waals surface area (Å²) in [6.07, 6.45) is 10.8. The second-order valence-electron chi connectivity index (χ2n) is 6.48. The van der Waals surface area contributed by atoms with Crippen LogP contribution >= 0.6 is 0 Å². The summed E-state index contributed by atoms with van der Waals surface area (Å²) in [5, 5.41) is 8.28. The molecular formula is C16H31N3. The molecular weight excluding hydrogens is 234 g/mol. The minimum Gasteiger partial charge on any atom is -0.249 e. The summed E-state index contributed by atoms with van der Waals surface area (Å²) in [5.41, 5.74) is 1.31. The Bertz CT molecular complexity index is 298. The SMILES string of the molecule is CC(C)CCCCc1cnnn1CCCCC(C)C. The van der Waals surface area contributed by atoms with Crippen LogP contribution in [-0.2, 0) is 13.0 Å². The first-order valence-electron chi connectivity index (χ1n) is 7.97. The van der Waals surface area contributed by atoms with Gasteiger partial charge in [0.15, 0.2) is 0 Å². The monoisotopic (exact) mass is 265 g/mol. The maximum absolute atomic E-state index is 4.21. The smallest absolute Gasteiger partial charge is 0.0725 e. The van der Waals surface area contributed by atoms with Gasteiger partial charge in [0.25, 0.3) is 0 Å². The Morgan fingerprint density at radius 3 is 2.21 bits per heavy atom. The molecule has 0 aliphatic carbocycles. The van der Waals surface area contributed by atoms with Crippen molar-refractivity contribution in [2.24, 2.45) is 11.8 Å². The third-order valence-electron chi connectivity index (χ3n) is 3.56. The van der Waals surface area contributed by atoms with E-state index in [4.69, 9.17) is 0 Å². The predicted octanol–water partition coefficient (Wildman–Crippen LogP) is 4.47. The van der Waals surface area contributed by atoms with Gasteiger partial charge in [-0.25, -0.2) is 4.68 Å². The largest absolute Gasteiger partial charge is 0.249 e. The molecule has 0 fully saturated rings. The van der Waals surface area contributed by atoms with Gasteiger partial charge in [0.05, 0.1) is 11.9 Å². The molecule has 0 saturated carbocycles. The summed E-state index contributed by atoms with van der Waals surface area (Å²) < 4.78 is 2.11. The van der Waals surface area contributed by atoms with E-state index in [-0.39, 0.29) is 0 Å². The number of hydrogen-bond donors (Lipinski definition) is 0. The standard InChI is InChI=1S/C16H31N3/c1-14(2)9-5-6-11-16-13-17-18-19(16)12-8-7-10-15(3)4/h13-15H,5-12H2,1-4H3. The fourth-order valence-corrected chi connectivity index (χ4v) is 2.33. The molecule has 0 amide bonds. The molecule has 0 aliphatic rings. The van der Waals surface area contributed by atoms with Crippen LogP contribution in [0.3, 0.4) is 0 Å². The van der Waals surface area contributed by atoms with E-state index in [0.29, 0.717) is 0 Å². The summed E-state index contributed by atoms with van der Waals surface area (Å²) in [4.78, 5) is 0. The van der Waals surface area contributed by atoms with Gasteiger partial charge < -0.3 is 0 Å². The van der Waals surface area contributed by atoms with Gasteiger partial charge in [-0.15, -0.1) is 5.10 Å². The summed E-state index contributed by atoms with van der Waals surface area (Å²) in [6.45, 7) is 10.2. The second-order valence-corrected chi connectivity index (χ2v) is 6.48. The van der Waals surface area contributed by atoms with Gasteiger partial charge in [-0.05, 0) is 31.1 Å². The number of rotatable bonds is 10. The Kier molecular flexibility index (Phi) is 7.76. The lowest BCUT2D eigenvalue weighted by Crippen LogP contribution is -2.06. The molecule has 0 atom stereocenters. The Morgan fingerprint density at radius 1 is 0.947 bits per heavy atom. The Balaban J connectivity index is 2.22. The maximum atomic E-state index is 4.21. The van der Waals surface area contributed by atoms with Crippen molar-refractivity contribution in [3.8, 4) is 0 Å². The van der Waals surface area contributed by atoms with E-state index in [1.165, 1.54) is 44.2 Å². The van der Waals surface area contributed by atoms with E-state index in [2.05, 4.69) is 42.7 Å². The second kappa shape index (κ2) is 9.11. The molecule has 1 heterocycles. The van der Waals surface area contributed by atoms with E-state index in [0.717, 1.165) is 24.8 Å². The summed E-state index contributed by atoms with van der Waals surface area (Å²) >= 11 is 0. The van der Waals surface area contributed by atoms with Crippen LogP contribution in [0.2, 0.25) is 0 Å². The summed E-state index contributed by atoms with van der Waals surface area (Å²) in [5.74, 6) is 1.63. The number of aromatic nitrogens is 3. The van der Waals surface area contributed by atoms with E-state index in [1.807, 2.05) is 6.20 Å². The third-order valence-corrected chi connectivity index (χ3v) is 3.56. The Hall–Kier alpha value is -0.860. The van der Waals surface area contributed by atoms with Crippen molar-refractivity contribution in [2.45, 2.75) is 79.2 Å². The van der Waals surface area contributed by atoms with E-state index in [9.17, 15) is 0 Å². The van der Waals surface area contributed by atoms with E-state index in [1.54, 1.807) is 0 Å². The van der Waals surface area contributed by atoms with Crippen LogP contribution in [0.1, 0.15) is 71.9 Å². The molecule has 0 bridgehead atoms. The molecule has 1 aromatic heterocycles. The normalized spacial score (nSPS) is 11.7. The minimum atomic E-state index is 0.811. The van der Waals surface area contributed by atoms with Crippen molar-refractivity contribution >= 4 is 0 Å². The Labute approximate surface area is 118 Å². The highest BCUT2D eigenvalue weighted by molar-refractivity contribution is 4.93. The van der Waals surface area contributed by atoms with Crippen molar-refractivity contribution in [2.75, 3.05) is 0 Å². The minimum absolute atomic E-state index is 0.811. The third kappa shape index (κ3) is 7.34. The topological polar surface area (TPSA) is 30.7 Å². The van der Waals surface area contributed by atoms with E-state index < -0.39 is 0 Å². The first-order chi connectivity index (χ1) is 9.09. The number of unbranched alkanes of at least 4 members (excludes halogenated alkanes) is 2. The molecule has 3 heteroatoms. The average Bonchev–Trinajstić information content (AvgIpc) is 2.77. The lowest BCUT2D eigenvalue weighted by Gasteiger charge is -2.08. The average molecular weight is 265 g/mol. The van der Waals surface area contributed by atoms with Crippen LogP contribution in [0.15, 0.2) is 6.20 Å². The lowest BCUT2D eigenvalue weighted by molar-refractivity contribution is 0.471. The van der Waals surface area contributed by atoms with Gasteiger partial charge in [-0.1, -0.05) is 58.6 Å². The van der Waals surface area contributed by atoms with E-state index >= 15 is 0 Å². The van der Waals surface area contributed by atoms with Crippen LogP contribution in [-0.4, -0.2) is 15.0 Å². The van der Waals surface area contributed by atoms with Crippen molar-refractivity contribution < 1.29 is 0 Å². The van der Waals surface area contributed by atoms with Crippen molar-refractivity contribution in [1.29, 1.82) is 0 Å². The van der Waals surface area contributed by atoms with Gasteiger partial charge >= 0.3 is 0 Å². The van der Waals surface area contributed by atoms with Gasteiger partial charge in [0.1, 0.15) is 0 Å². The van der Waals surface area contributed by atoms with Gasteiger partial charge in [0, 0.05) is 6.54 Å². The Morgan fingerprint density at radius 2 is 1.58 bits per heavy atom. The first kappa shape index (κ1) is 16.2. The molecule has 0 aromatic carbocycles. The predicted molar refractivity (Wildman–Crippen MR) is 81.1 cm³/mol. The lowest BCUT2D eigenvalue weighted by atomic mass is 10.0. The zero-order valence-electron chi connectivity index (χ0n) is 13.2. The molecule has 0 spiro atoms. The highest BCUT2D eigenvalue weighted by Gasteiger charge is 2.04. The molecule has 0 radical (unpaired) electrons. The number of aryl methyl sites for hydroxylation is 2. The van der Waals surface area contributed by atoms with Crippen LogP contribution in [0.5, 0.6) is 0 Å². The molecule has 1 rings (SSSR count). The van der Waals surface area contributed by atoms with Crippen LogP contribution in [0.4, 0.5) is 0 Å². The molecule has 1 aromatic rings.